The Morgan fingerprint density at radius 1 is 0.273 bits per heavy atom. The second kappa shape index (κ2) is 33.8. The van der Waals surface area contributed by atoms with E-state index in [0.29, 0.717) is 0 Å². The van der Waals surface area contributed by atoms with Crippen LogP contribution in [0.1, 0.15) is 93.3 Å². The molecule has 0 aliphatic carbocycles. The molecule has 10 rings (SSSR count). The number of rotatable bonds is 24. The quantitative estimate of drug-likeness (QED) is 0.0463. The minimum atomic E-state index is -2.25. The van der Waals surface area contributed by atoms with Crippen molar-refractivity contribution in [1.82, 2.24) is 0 Å². The smallest absolute Gasteiger partial charge is 0.338 e. The fourth-order valence-corrected chi connectivity index (χ4v) is 10.9. The Hall–Kier alpha value is -11.0. The molecule has 3 aliphatic heterocycles. The highest BCUT2D eigenvalue weighted by Crippen LogP contribution is 2.39. The van der Waals surface area contributed by atoms with Gasteiger partial charge in [0.1, 0.15) is 56.6 Å². The van der Waals surface area contributed by atoms with Crippen LogP contribution in [0.2, 0.25) is 0 Å². The van der Waals surface area contributed by atoms with E-state index in [0.717, 1.165) is 20.8 Å². The van der Waals surface area contributed by atoms with Crippen LogP contribution in [-0.4, -0.2) is 172 Å². The maximum absolute atomic E-state index is 15.1. The van der Waals surface area contributed by atoms with Gasteiger partial charge in [0.05, 0.1) is 38.9 Å². The van der Waals surface area contributed by atoms with Gasteiger partial charge in [-0.2, -0.15) is 0 Å². The Labute approximate surface area is 566 Å². The van der Waals surface area contributed by atoms with E-state index in [1.165, 1.54) is 133 Å². The van der Waals surface area contributed by atoms with E-state index in [2.05, 4.69) is 0 Å². The molecule has 3 saturated heterocycles. The summed E-state index contributed by atoms with van der Waals surface area (Å²) >= 11 is 0. The molecule has 514 valence electrons. The summed E-state index contributed by atoms with van der Waals surface area (Å²) in [6.45, 7) is 0.696. The normalized spacial score (nSPS) is 24.7. The van der Waals surface area contributed by atoms with Crippen LogP contribution >= 0.6 is 0 Å². The van der Waals surface area contributed by atoms with Gasteiger partial charge in [-0.05, 0) is 84.9 Å². The average Bonchev–Trinajstić information content (AvgIpc) is 0.761. The molecule has 0 bridgehead atoms. The maximum Gasteiger partial charge on any atom is 0.338 e. The average molecular weight is 1360 g/mol. The Balaban J connectivity index is 1.18. The maximum atomic E-state index is 15.1. The highest BCUT2D eigenvalue weighted by molar-refractivity contribution is 5.93. The lowest BCUT2D eigenvalue weighted by Gasteiger charge is -2.50. The predicted octanol–water partition coefficient (Wildman–Crippen LogP) is 7.16. The van der Waals surface area contributed by atoms with Gasteiger partial charge >= 0.3 is 59.7 Å². The third-order valence-corrected chi connectivity index (χ3v) is 15.5. The summed E-state index contributed by atoms with van der Waals surface area (Å²) in [5.74, 6) is -10.2. The summed E-state index contributed by atoms with van der Waals surface area (Å²) in [5.41, 5.74) is 6.26. The van der Waals surface area contributed by atoms with Crippen LogP contribution in [-0.2, 0) is 85.4 Å². The summed E-state index contributed by atoms with van der Waals surface area (Å²) < 4.78 is 94.3. The van der Waals surface area contributed by atoms with Crippen LogP contribution in [0, 0.1) is 0 Å². The highest BCUT2D eigenvalue weighted by Gasteiger charge is 2.60. The molecule has 0 saturated carbocycles. The number of nitrogens with two attached hydrogens (primary N) is 1. The van der Waals surface area contributed by atoms with E-state index in [9.17, 15) is 43.2 Å². The number of esters is 10. The number of ether oxygens (including phenoxy) is 15. The topological polar surface area (TPSA) is 335 Å². The molecule has 0 amide bonds. The van der Waals surface area contributed by atoms with Gasteiger partial charge in [0, 0.05) is 20.8 Å². The van der Waals surface area contributed by atoms with Gasteiger partial charge in [-0.15, -0.1) is 0 Å². The first-order valence-electron chi connectivity index (χ1n) is 31.1. The number of carbonyl (C=O) groups is 10. The van der Waals surface area contributed by atoms with Gasteiger partial charge in [-0.25, -0.2) is 33.6 Å². The monoisotopic (exact) mass is 1360 g/mol. The Bertz CT molecular complexity index is 3910. The van der Waals surface area contributed by atoms with Crippen molar-refractivity contribution >= 4 is 59.7 Å². The van der Waals surface area contributed by atoms with Crippen molar-refractivity contribution in [2.75, 3.05) is 19.8 Å². The number of carbonyl (C=O) groups excluding carboxylic acids is 10. The minimum Gasteiger partial charge on any atom is -0.463 e. The van der Waals surface area contributed by atoms with Gasteiger partial charge in [0.25, 0.3) is 0 Å². The number of benzene rings is 7. The third kappa shape index (κ3) is 18.6. The molecule has 0 radical (unpaired) electrons. The fourth-order valence-electron chi connectivity index (χ4n) is 10.9. The van der Waals surface area contributed by atoms with Crippen molar-refractivity contribution in [2.24, 2.45) is 5.73 Å². The van der Waals surface area contributed by atoms with E-state index < -0.39 is 172 Å². The van der Waals surface area contributed by atoms with E-state index in [1.807, 2.05) is 0 Å². The standard InChI is InChI=1S/C73H67NO25/c1-42(75)85-39-52-55(88-43(2)76)58(61(64(74)90-52)89-44(3)77)99-73-63(97-71(84)51-37-23-10-24-38-51)60(95-69(82)49-33-19-8-20-34-49)57(54(92-73)41-87-66(79)46-27-13-5-14-28-46)98-72-62(96-70(83)50-35-21-9-22-36-50)59(94-68(81)48-31-17-7-18-32-48)56(93-67(80)47-29-15-6-16-30-47)53(91-72)40-86-65(78)45-25-11-4-12-26-45/h4-38,52-64,72-73H,39-41,74H2,1-3H3/t52-,53-,54-,55-,56+,57-,58+,59+,60+,61-,62-,63-,64-,72+,73+/m1/s1. The zero-order valence-electron chi connectivity index (χ0n) is 53.3. The van der Waals surface area contributed by atoms with Gasteiger partial charge in [-0.1, -0.05) is 127 Å². The first kappa shape index (κ1) is 70.8. The van der Waals surface area contributed by atoms with Crippen LogP contribution < -0.4 is 5.73 Å². The van der Waals surface area contributed by atoms with Gasteiger partial charge in [0.15, 0.2) is 55.3 Å². The molecule has 3 fully saturated rings. The van der Waals surface area contributed by atoms with Crippen molar-refractivity contribution in [3.8, 4) is 0 Å². The molecule has 0 aromatic heterocycles. The molecule has 2 N–H and O–H groups in total. The number of hydrogen-bond acceptors (Lipinski definition) is 26. The second-order valence-electron chi connectivity index (χ2n) is 22.5. The van der Waals surface area contributed by atoms with E-state index >= 15 is 4.79 Å². The molecule has 3 heterocycles. The van der Waals surface area contributed by atoms with Gasteiger partial charge in [0.2, 0.25) is 0 Å². The summed E-state index contributed by atoms with van der Waals surface area (Å²) in [5, 5.41) is 0. The molecular formula is C73H67NO25. The van der Waals surface area contributed by atoms with Crippen LogP contribution in [0.4, 0.5) is 0 Å². The first-order chi connectivity index (χ1) is 47.9. The second-order valence-corrected chi connectivity index (χ2v) is 22.5. The third-order valence-electron chi connectivity index (χ3n) is 15.5. The lowest BCUT2D eigenvalue weighted by Crippen LogP contribution is -2.69. The Morgan fingerprint density at radius 3 is 0.859 bits per heavy atom. The molecule has 0 unspecified atom stereocenters. The zero-order valence-corrected chi connectivity index (χ0v) is 53.3. The van der Waals surface area contributed by atoms with Crippen molar-refractivity contribution in [2.45, 2.75) is 113 Å². The van der Waals surface area contributed by atoms with Crippen LogP contribution in [0.25, 0.3) is 0 Å². The largest absolute Gasteiger partial charge is 0.463 e. The van der Waals surface area contributed by atoms with Gasteiger partial charge in [-0.3, -0.25) is 14.4 Å². The summed E-state index contributed by atoms with van der Waals surface area (Å²) in [6, 6.07) is 52.6. The molecule has 3 aliphatic rings. The molecule has 7 aromatic rings. The molecule has 15 atom stereocenters. The zero-order chi connectivity index (χ0) is 70.0. The molecule has 26 heteroatoms. The van der Waals surface area contributed by atoms with Gasteiger partial charge < -0.3 is 76.8 Å². The molecule has 99 heavy (non-hydrogen) atoms. The summed E-state index contributed by atoms with van der Waals surface area (Å²) in [4.78, 5) is 141. The Kier molecular flexibility index (Phi) is 24.2. The van der Waals surface area contributed by atoms with Crippen molar-refractivity contribution in [3.05, 3.63) is 251 Å². The first-order valence-corrected chi connectivity index (χ1v) is 31.1. The lowest BCUT2D eigenvalue weighted by molar-refractivity contribution is -0.370. The summed E-state index contributed by atoms with van der Waals surface area (Å²) in [7, 11) is 0. The van der Waals surface area contributed by atoms with Crippen LogP contribution in [0.5, 0.6) is 0 Å². The molecular weight excluding hydrogens is 1290 g/mol. The lowest BCUT2D eigenvalue weighted by atomic mass is 9.94. The molecule has 0 spiro atoms. The van der Waals surface area contributed by atoms with Crippen LogP contribution in [0.3, 0.4) is 0 Å². The van der Waals surface area contributed by atoms with Crippen molar-refractivity contribution in [3.63, 3.8) is 0 Å². The summed E-state index contributed by atoms with van der Waals surface area (Å²) in [6.07, 6.45) is -29.4. The number of hydrogen-bond donors (Lipinski definition) is 1. The van der Waals surface area contributed by atoms with Crippen LogP contribution in [0.15, 0.2) is 212 Å². The van der Waals surface area contributed by atoms with E-state index in [4.69, 9.17) is 76.8 Å². The molecule has 26 nitrogen and oxygen atoms in total. The fraction of sp³-hybridized carbons (Fsp3) is 0.288. The SMILES string of the molecule is CC(=O)OC[C@H]1O[C@@H](N)[C@H](OC(C)=O)[C@@H](O[C@@H]2O[C@H](COC(=O)c3ccccc3)[C@@H](O[C@@H]3O[C@H](COC(=O)c4ccccc4)[C@H](OC(=O)c4ccccc4)[C@H](OC(=O)c4ccccc4)[C@H]3OC(=O)c3ccccc3)[C@H](OC(=O)c3ccccc3)[C@H]2OC(=O)c2ccccc2)[C@@H]1OC(C)=O. The van der Waals surface area contributed by atoms with E-state index in [1.54, 1.807) is 78.9 Å². The Morgan fingerprint density at radius 2 is 0.525 bits per heavy atom. The molecule has 7 aromatic carbocycles. The van der Waals surface area contributed by atoms with Crippen molar-refractivity contribution in [1.29, 1.82) is 0 Å². The minimum absolute atomic E-state index is 0.0133. The van der Waals surface area contributed by atoms with E-state index in [-0.39, 0.29) is 38.9 Å². The predicted molar refractivity (Wildman–Crippen MR) is 339 cm³/mol. The van der Waals surface area contributed by atoms with Crippen molar-refractivity contribution < 1.29 is 119 Å². The highest BCUT2D eigenvalue weighted by atomic mass is 16.8.